The first-order valence-corrected chi connectivity index (χ1v) is 7.40. The molecule has 0 aromatic heterocycles. The molecule has 1 fully saturated rings. The highest BCUT2D eigenvalue weighted by atomic mass is 16.3. The summed E-state index contributed by atoms with van der Waals surface area (Å²) < 4.78 is 0. The quantitative estimate of drug-likeness (QED) is 0.706. The lowest BCUT2D eigenvalue weighted by Crippen LogP contribution is -2.52. The fourth-order valence-corrected chi connectivity index (χ4v) is 2.78. The van der Waals surface area contributed by atoms with Crippen LogP contribution in [0.3, 0.4) is 0 Å². The summed E-state index contributed by atoms with van der Waals surface area (Å²) in [7, 11) is 0. The number of rotatable bonds is 7. The molecule has 0 saturated carbocycles. The summed E-state index contributed by atoms with van der Waals surface area (Å²) in [5, 5.41) is 12.8. The molecule has 0 aliphatic carbocycles. The SMILES string of the molecule is CCN1CCN(CCC(CO)NC(C)C)CC1C. The minimum atomic E-state index is 0.239. The van der Waals surface area contributed by atoms with Gasteiger partial charge in [-0.3, -0.25) is 4.90 Å². The van der Waals surface area contributed by atoms with Crippen molar-refractivity contribution in [3.63, 3.8) is 0 Å². The Balaban J connectivity index is 2.27. The first-order chi connectivity index (χ1) is 8.56. The zero-order valence-corrected chi connectivity index (χ0v) is 12.5. The summed E-state index contributed by atoms with van der Waals surface area (Å²) >= 11 is 0. The molecule has 0 radical (unpaired) electrons. The van der Waals surface area contributed by atoms with E-state index in [2.05, 4.69) is 42.8 Å². The summed E-state index contributed by atoms with van der Waals surface area (Å²) in [6.45, 7) is 14.8. The average molecular weight is 257 g/mol. The molecule has 2 unspecified atom stereocenters. The molecule has 0 bridgehead atoms. The van der Waals surface area contributed by atoms with Gasteiger partial charge in [-0.1, -0.05) is 20.8 Å². The number of nitrogens with one attached hydrogen (secondary N) is 1. The van der Waals surface area contributed by atoms with Gasteiger partial charge in [0.1, 0.15) is 0 Å². The third kappa shape index (κ3) is 5.22. The smallest absolute Gasteiger partial charge is 0.0585 e. The Bertz CT molecular complexity index is 223. The predicted molar refractivity (Wildman–Crippen MR) is 76.9 cm³/mol. The van der Waals surface area contributed by atoms with Crippen molar-refractivity contribution in [2.75, 3.05) is 39.3 Å². The monoisotopic (exact) mass is 257 g/mol. The van der Waals surface area contributed by atoms with Gasteiger partial charge in [0.05, 0.1) is 6.61 Å². The van der Waals surface area contributed by atoms with Gasteiger partial charge in [0.15, 0.2) is 0 Å². The van der Waals surface area contributed by atoms with E-state index in [-0.39, 0.29) is 12.6 Å². The number of hydrogen-bond acceptors (Lipinski definition) is 4. The molecule has 18 heavy (non-hydrogen) atoms. The van der Waals surface area contributed by atoms with Gasteiger partial charge in [0.2, 0.25) is 0 Å². The van der Waals surface area contributed by atoms with Gasteiger partial charge in [0, 0.05) is 37.8 Å². The molecule has 1 heterocycles. The van der Waals surface area contributed by atoms with Crippen molar-refractivity contribution in [1.82, 2.24) is 15.1 Å². The molecule has 1 aliphatic rings. The highest BCUT2D eigenvalue weighted by Gasteiger charge is 2.22. The van der Waals surface area contributed by atoms with Crippen molar-refractivity contribution >= 4 is 0 Å². The Morgan fingerprint density at radius 2 is 2.06 bits per heavy atom. The van der Waals surface area contributed by atoms with Crippen LogP contribution in [-0.4, -0.2) is 72.4 Å². The van der Waals surface area contributed by atoms with Crippen LogP contribution >= 0.6 is 0 Å². The Morgan fingerprint density at radius 1 is 1.33 bits per heavy atom. The second-order valence-corrected chi connectivity index (χ2v) is 5.77. The molecule has 0 aromatic carbocycles. The van der Waals surface area contributed by atoms with Gasteiger partial charge < -0.3 is 15.3 Å². The van der Waals surface area contributed by atoms with E-state index in [4.69, 9.17) is 0 Å². The molecule has 1 aliphatic heterocycles. The van der Waals surface area contributed by atoms with Crippen molar-refractivity contribution in [2.24, 2.45) is 0 Å². The topological polar surface area (TPSA) is 38.7 Å². The number of nitrogens with zero attached hydrogens (tertiary/aromatic N) is 2. The Labute approximate surface area is 112 Å². The van der Waals surface area contributed by atoms with Crippen LogP contribution in [0.1, 0.15) is 34.1 Å². The van der Waals surface area contributed by atoms with Crippen molar-refractivity contribution in [2.45, 2.75) is 52.2 Å². The van der Waals surface area contributed by atoms with E-state index >= 15 is 0 Å². The predicted octanol–water partition coefficient (Wildman–Crippen LogP) is 0.761. The van der Waals surface area contributed by atoms with E-state index in [1.54, 1.807) is 0 Å². The summed E-state index contributed by atoms with van der Waals surface area (Å²) in [4.78, 5) is 5.06. The minimum Gasteiger partial charge on any atom is -0.395 e. The zero-order chi connectivity index (χ0) is 13.5. The largest absolute Gasteiger partial charge is 0.395 e. The first-order valence-electron chi connectivity index (χ1n) is 7.40. The molecule has 1 saturated heterocycles. The van der Waals surface area contributed by atoms with Gasteiger partial charge in [-0.25, -0.2) is 0 Å². The summed E-state index contributed by atoms with van der Waals surface area (Å²) in [5.74, 6) is 0. The molecule has 2 N–H and O–H groups in total. The van der Waals surface area contributed by atoms with Crippen LogP contribution in [0, 0.1) is 0 Å². The normalized spacial score (nSPS) is 24.7. The number of piperazine rings is 1. The number of likely N-dealkylation sites (N-methyl/N-ethyl adjacent to an activating group) is 1. The summed E-state index contributed by atoms with van der Waals surface area (Å²) in [6.07, 6.45) is 1.04. The van der Waals surface area contributed by atoms with Crippen molar-refractivity contribution in [3.8, 4) is 0 Å². The fourth-order valence-electron chi connectivity index (χ4n) is 2.78. The highest BCUT2D eigenvalue weighted by molar-refractivity contribution is 4.79. The third-order valence-electron chi connectivity index (χ3n) is 3.84. The first kappa shape index (κ1) is 15.9. The molecular formula is C14H31N3O. The second-order valence-electron chi connectivity index (χ2n) is 5.77. The van der Waals surface area contributed by atoms with Crippen molar-refractivity contribution in [3.05, 3.63) is 0 Å². The van der Waals surface area contributed by atoms with Crippen LogP contribution < -0.4 is 5.32 Å². The van der Waals surface area contributed by atoms with E-state index in [1.807, 2.05) is 0 Å². The number of aliphatic hydroxyl groups is 1. The molecule has 0 spiro atoms. The van der Waals surface area contributed by atoms with Crippen LogP contribution in [0.25, 0.3) is 0 Å². The number of aliphatic hydroxyl groups excluding tert-OH is 1. The van der Waals surface area contributed by atoms with E-state index < -0.39 is 0 Å². The zero-order valence-electron chi connectivity index (χ0n) is 12.5. The lowest BCUT2D eigenvalue weighted by Gasteiger charge is -2.39. The summed E-state index contributed by atoms with van der Waals surface area (Å²) in [6, 6.07) is 1.34. The maximum absolute atomic E-state index is 9.35. The van der Waals surface area contributed by atoms with Gasteiger partial charge in [-0.15, -0.1) is 0 Å². The Hall–Kier alpha value is -0.160. The molecule has 1 rings (SSSR count). The lowest BCUT2D eigenvalue weighted by molar-refractivity contribution is 0.0825. The van der Waals surface area contributed by atoms with E-state index in [0.717, 1.165) is 32.6 Å². The van der Waals surface area contributed by atoms with Crippen molar-refractivity contribution in [1.29, 1.82) is 0 Å². The maximum Gasteiger partial charge on any atom is 0.0585 e. The van der Waals surface area contributed by atoms with Gasteiger partial charge in [-0.05, 0) is 26.4 Å². The van der Waals surface area contributed by atoms with Crippen LogP contribution in [0.4, 0.5) is 0 Å². The van der Waals surface area contributed by atoms with Crippen LogP contribution in [0.15, 0.2) is 0 Å². The standard InChI is InChI=1S/C14H31N3O/c1-5-17-9-8-16(10-13(17)4)7-6-14(11-18)15-12(2)3/h12-15,18H,5-11H2,1-4H3. The third-order valence-corrected chi connectivity index (χ3v) is 3.84. The molecule has 2 atom stereocenters. The Morgan fingerprint density at radius 3 is 2.56 bits per heavy atom. The van der Waals surface area contributed by atoms with Gasteiger partial charge >= 0.3 is 0 Å². The van der Waals surface area contributed by atoms with E-state index in [9.17, 15) is 5.11 Å². The van der Waals surface area contributed by atoms with E-state index in [0.29, 0.717) is 12.1 Å². The number of hydrogen-bond donors (Lipinski definition) is 2. The second kappa shape index (κ2) is 8.10. The molecule has 4 heteroatoms. The van der Waals surface area contributed by atoms with Crippen LogP contribution in [0.2, 0.25) is 0 Å². The Kier molecular flexibility index (Phi) is 7.15. The van der Waals surface area contributed by atoms with E-state index in [1.165, 1.54) is 6.54 Å². The average Bonchev–Trinajstić information content (AvgIpc) is 2.34. The van der Waals surface area contributed by atoms with Gasteiger partial charge in [-0.2, -0.15) is 0 Å². The maximum atomic E-state index is 9.35. The van der Waals surface area contributed by atoms with Crippen LogP contribution in [0.5, 0.6) is 0 Å². The fraction of sp³-hybridized carbons (Fsp3) is 1.00. The lowest BCUT2D eigenvalue weighted by atomic mass is 10.1. The molecular weight excluding hydrogens is 226 g/mol. The van der Waals surface area contributed by atoms with Crippen LogP contribution in [-0.2, 0) is 0 Å². The molecule has 4 nitrogen and oxygen atoms in total. The molecule has 108 valence electrons. The highest BCUT2D eigenvalue weighted by Crippen LogP contribution is 2.09. The molecule has 0 amide bonds. The van der Waals surface area contributed by atoms with Crippen molar-refractivity contribution < 1.29 is 5.11 Å². The summed E-state index contributed by atoms with van der Waals surface area (Å²) in [5.41, 5.74) is 0. The molecule has 0 aromatic rings. The van der Waals surface area contributed by atoms with Gasteiger partial charge in [0.25, 0.3) is 0 Å². The minimum absolute atomic E-state index is 0.239.